The van der Waals surface area contributed by atoms with Crippen molar-refractivity contribution in [2.24, 2.45) is 10.9 Å². The maximum absolute atomic E-state index is 12.2. The van der Waals surface area contributed by atoms with Gasteiger partial charge in [0.1, 0.15) is 0 Å². The van der Waals surface area contributed by atoms with Crippen molar-refractivity contribution in [3.05, 3.63) is 29.8 Å². The summed E-state index contributed by atoms with van der Waals surface area (Å²) in [6.45, 7) is 8.70. The van der Waals surface area contributed by atoms with Crippen molar-refractivity contribution >= 4 is 16.0 Å². The zero-order valence-electron chi connectivity index (χ0n) is 16.1. The number of nitrogens with one attached hydrogen (secondary N) is 3. The second kappa shape index (κ2) is 9.92. The zero-order valence-corrected chi connectivity index (χ0v) is 16.9. The quantitative estimate of drug-likeness (QED) is 0.331. The van der Waals surface area contributed by atoms with Crippen molar-refractivity contribution in [3.8, 4) is 0 Å². The Balaban J connectivity index is 1.89. The topological polar surface area (TPSA) is 82.6 Å². The Kier molecular flexibility index (Phi) is 7.90. The van der Waals surface area contributed by atoms with Crippen LogP contribution in [0.3, 0.4) is 0 Å². The van der Waals surface area contributed by atoms with E-state index in [1.54, 1.807) is 12.1 Å². The van der Waals surface area contributed by atoms with Gasteiger partial charge in [0, 0.05) is 19.1 Å². The van der Waals surface area contributed by atoms with Gasteiger partial charge in [0.05, 0.1) is 11.4 Å². The predicted octanol–water partition coefficient (Wildman–Crippen LogP) is 2.62. The third kappa shape index (κ3) is 7.33. The minimum absolute atomic E-state index is 0.119. The molecule has 26 heavy (non-hydrogen) atoms. The summed E-state index contributed by atoms with van der Waals surface area (Å²) >= 11 is 0. The number of sulfonamides is 1. The fraction of sp³-hybridized carbons (Fsp3) is 0.632. The SMILES string of the molecule is CCNC(=NCc1ccc(S(=O)(=O)NC2CC2)cc1)NCCCC(C)C. The van der Waals surface area contributed by atoms with Gasteiger partial charge in [-0.25, -0.2) is 18.1 Å². The van der Waals surface area contributed by atoms with Crippen LogP contribution in [0.2, 0.25) is 0 Å². The molecule has 146 valence electrons. The zero-order chi connectivity index (χ0) is 19.0. The van der Waals surface area contributed by atoms with E-state index in [0.29, 0.717) is 17.4 Å². The van der Waals surface area contributed by atoms with Gasteiger partial charge >= 0.3 is 0 Å². The van der Waals surface area contributed by atoms with Crippen LogP contribution in [0.5, 0.6) is 0 Å². The van der Waals surface area contributed by atoms with Crippen LogP contribution in [0.15, 0.2) is 34.2 Å². The molecule has 1 aliphatic rings. The van der Waals surface area contributed by atoms with Crippen molar-refractivity contribution in [1.29, 1.82) is 0 Å². The number of hydrogen-bond donors (Lipinski definition) is 3. The maximum atomic E-state index is 12.2. The average molecular weight is 381 g/mol. The Hall–Kier alpha value is -1.60. The van der Waals surface area contributed by atoms with Crippen LogP contribution in [0.4, 0.5) is 0 Å². The number of hydrogen-bond acceptors (Lipinski definition) is 3. The summed E-state index contributed by atoms with van der Waals surface area (Å²) in [6, 6.07) is 7.08. The average Bonchev–Trinajstić information content (AvgIpc) is 3.40. The molecule has 0 aromatic heterocycles. The van der Waals surface area contributed by atoms with E-state index in [2.05, 4.69) is 34.2 Å². The monoisotopic (exact) mass is 380 g/mol. The van der Waals surface area contributed by atoms with Gasteiger partial charge in [0.2, 0.25) is 10.0 Å². The molecule has 1 aromatic rings. The molecule has 0 saturated heterocycles. The Bertz CT molecular complexity index is 680. The highest BCUT2D eigenvalue weighted by Gasteiger charge is 2.27. The van der Waals surface area contributed by atoms with Gasteiger partial charge in [0.25, 0.3) is 0 Å². The molecular formula is C19H32N4O2S. The van der Waals surface area contributed by atoms with Crippen molar-refractivity contribution in [1.82, 2.24) is 15.4 Å². The molecule has 1 aromatic carbocycles. The van der Waals surface area contributed by atoms with Gasteiger partial charge in [-0.05, 0) is 56.2 Å². The highest BCUT2D eigenvalue weighted by atomic mass is 32.2. The molecular weight excluding hydrogens is 348 g/mol. The van der Waals surface area contributed by atoms with Crippen LogP contribution in [0, 0.1) is 5.92 Å². The first-order chi connectivity index (χ1) is 12.4. The molecule has 2 rings (SSSR count). The summed E-state index contributed by atoms with van der Waals surface area (Å²) in [4.78, 5) is 4.90. The van der Waals surface area contributed by atoms with E-state index in [4.69, 9.17) is 0 Å². The van der Waals surface area contributed by atoms with E-state index in [9.17, 15) is 8.42 Å². The van der Waals surface area contributed by atoms with Gasteiger partial charge in [-0.15, -0.1) is 0 Å². The summed E-state index contributed by atoms with van der Waals surface area (Å²) in [5.41, 5.74) is 0.981. The molecule has 1 saturated carbocycles. The molecule has 1 fully saturated rings. The molecule has 7 heteroatoms. The van der Waals surface area contributed by atoms with Crippen LogP contribution >= 0.6 is 0 Å². The first-order valence-corrected chi connectivity index (χ1v) is 11.0. The van der Waals surface area contributed by atoms with Crippen LogP contribution in [0.25, 0.3) is 0 Å². The normalized spacial score (nSPS) is 15.3. The molecule has 0 amide bonds. The molecule has 0 spiro atoms. The fourth-order valence-corrected chi connectivity index (χ4v) is 3.80. The van der Waals surface area contributed by atoms with E-state index in [-0.39, 0.29) is 6.04 Å². The van der Waals surface area contributed by atoms with E-state index >= 15 is 0 Å². The summed E-state index contributed by atoms with van der Waals surface area (Å²) in [5.74, 6) is 1.50. The van der Waals surface area contributed by atoms with Crippen molar-refractivity contribution in [2.75, 3.05) is 13.1 Å². The lowest BCUT2D eigenvalue weighted by atomic mass is 10.1. The molecule has 0 atom stereocenters. The first kappa shape index (κ1) is 20.7. The van der Waals surface area contributed by atoms with Crippen LogP contribution in [-0.2, 0) is 16.6 Å². The molecule has 6 nitrogen and oxygen atoms in total. The van der Waals surface area contributed by atoms with Gasteiger partial charge < -0.3 is 10.6 Å². The Labute approximate surface area is 157 Å². The molecule has 1 aliphatic carbocycles. The standard InChI is InChI=1S/C19H32N4O2S/c1-4-20-19(21-13-5-6-15(2)3)22-14-16-7-11-18(12-8-16)26(24,25)23-17-9-10-17/h7-8,11-12,15,17,23H,4-6,9-10,13-14H2,1-3H3,(H2,20,21,22). The number of benzene rings is 1. The van der Waals surface area contributed by atoms with E-state index < -0.39 is 10.0 Å². The Morgan fingerprint density at radius 3 is 2.46 bits per heavy atom. The van der Waals surface area contributed by atoms with Crippen molar-refractivity contribution in [2.45, 2.75) is 63.9 Å². The predicted molar refractivity (Wildman–Crippen MR) is 107 cm³/mol. The third-order valence-corrected chi connectivity index (χ3v) is 5.68. The minimum atomic E-state index is -3.39. The molecule has 0 bridgehead atoms. The molecule has 3 N–H and O–H groups in total. The summed E-state index contributed by atoms with van der Waals surface area (Å²) in [5, 5.41) is 6.58. The lowest BCUT2D eigenvalue weighted by molar-refractivity contribution is 0.549. The van der Waals surface area contributed by atoms with Gasteiger partial charge in [-0.3, -0.25) is 0 Å². The van der Waals surface area contributed by atoms with E-state index in [1.807, 2.05) is 19.1 Å². The second-order valence-electron chi connectivity index (χ2n) is 7.20. The highest BCUT2D eigenvalue weighted by Crippen LogP contribution is 2.22. The smallest absolute Gasteiger partial charge is 0.240 e. The van der Waals surface area contributed by atoms with Crippen LogP contribution < -0.4 is 15.4 Å². The van der Waals surface area contributed by atoms with E-state index in [0.717, 1.165) is 43.9 Å². The van der Waals surface area contributed by atoms with Crippen LogP contribution in [0.1, 0.15) is 52.0 Å². The largest absolute Gasteiger partial charge is 0.357 e. The summed E-state index contributed by atoms with van der Waals surface area (Å²) < 4.78 is 27.1. The number of aliphatic imine (C=N–C) groups is 1. The molecule has 0 radical (unpaired) electrons. The lowest BCUT2D eigenvalue weighted by Crippen LogP contribution is -2.37. The minimum Gasteiger partial charge on any atom is -0.357 e. The molecule has 0 heterocycles. The van der Waals surface area contributed by atoms with Crippen LogP contribution in [-0.4, -0.2) is 33.5 Å². The Morgan fingerprint density at radius 2 is 1.88 bits per heavy atom. The third-order valence-electron chi connectivity index (χ3n) is 4.15. The number of guanidine groups is 1. The molecule has 0 aliphatic heterocycles. The first-order valence-electron chi connectivity index (χ1n) is 9.54. The Morgan fingerprint density at radius 1 is 1.19 bits per heavy atom. The summed E-state index contributed by atoms with van der Waals surface area (Å²) in [7, 11) is -3.39. The van der Waals surface area contributed by atoms with Gasteiger partial charge in [0.15, 0.2) is 5.96 Å². The summed E-state index contributed by atoms with van der Waals surface area (Å²) in [6.07, 6.45) is 4.17. The second-order valence-corrected chi connectivity index (χ2v) is 8.91. The molecule has 0 unspecified atom stereocenters. The van der Waals surface area contributed by atoms with E-state index in [1.165, 1.54) is 6.42 Å². The van der Waals surface area contributed by atoms with Gasteiger partial charge in [-0.1, -0.05) is 26.0 Å². The van der Waals surface area contributed by atoms with Crippen molar-refractivity contribution < 1.29 is 8.42 Å². The lowest BCUT2D eigenvalue weighted by Gasteiger charge is -2.12. The number of nitrogens with zero attached hydrogens (tertiary/aromatic N) is 1. The number of rotatable bonds is 10. The van der Waals surface area contributed by atoms with Crippen molar-refractivity contribution in [3.63, 3.8) is 0 Å². The van der Waals surface area contributed by atoms with Gasteiger partial charge in [-0.2, -0.15) is 0 Å². The fourth-order valence-electron chi connectivity index (χ4n) is 2.49. The maximum Gasteiger partial charge on any atom is 0.240 e. The highest BCUT2D eigenvalue weighted by molar-refractivity contribution is 7.89.